The molecule has 18 heavy (non-hydrogen) atoms. The number of ether oxygens (including phenoxy) is 1. The summed E-state index contributed by atoms with van der Waals surface area (Å²) in [5.41, 5.74) is -0.590. The first-order valence-corrected chi connectivity index (χ1v) is 7.06. The van der Waals surface area contributed by atoms with E-state index in [-0.39, 0.29) is 5.97 Å². The average molecular weight is 271 g/mol. The largest absolute Gasteiger partial charge is 0.468 e. The minimum absolute atomic E-state index is 0.202. The zero-order valence-corrected chi connectivity index (χ0v) is 12.0. The van der Waals surface area contributed by atoms with E-state index >= 15 is 0 Å². The molecule has 1 unspecified atom stereocenters. The van der Waals surface area contributed by atoms with E-state index in [9.17, 15) is 4.79 Å². The number of hydrogen-bond acceptors (Lipinski definition) is 5. The molecule has 0 amide bonds. The first-order chi connectivity index (χ1) is 8.62. The second kappa shape index (κ2) is 7.43. The van der Waals surface area contributed by atoms with Crippen molar-refractivity contribution < 1.29 is 9.53 Å². The standard InChI is InChI=1S/C12H21N3O2S/c1-4-15-12(2,10(16)17-3)6-5-9-18-11-13-7-8-14-11/h7-8,15H,4-6,9H2,1-3H3,(H,13,14). The average Bonchev–Trinajstić information content (AvgIpc) is 2.87. The van der Waals surface area contributed by atoms with Crippen LogP contribution in [0, 0.1) is 0 Å². The molecule has 6 heteroatoms. The summed E-state index contributed by atoms with van der Waals surface area (Å²) >= 11 is 1.66. The van der Waals surface area contributed by atoms with Crippen LogP contribution >= 0.6 is 11.8 Å². The predicted molar refractivity (Wildman–Crippen MR) is 72.6 cm³/mol. The molecule has 1 atom stereocenters. The number of likely N-dealkylation sites (N-methyl/N-ethyl adjacent to an activating group) is 1. The Morgan fingerprint density at radius 1 is 1.67 bits per heavy atom. The second-order valence-electron chi connectivity index (χ2n) is 4.20. The maximum absolute atomic E-state index is 11.7. The third-order valence-electron chi connectivity index (χ3n) is 2.74. The topological polar surface area (TPSA) is 67.0 Å². The van der Waals surface area contributed by atoms with E-state index in [4.69, 9.17) is 4.74 Å². The van der Waals surface area contributed by atoms with Gasteiger partial charge in [-0.3, -0.25) is 4.79 Å². The molecular formula is C12H21N3O2S. The summed E-state index contributed by atoms with van der Waals surface area (Å²) in [7, 11) is 1.43. The Morgan fingerprint density at radius 2 is 2.44 bits per heavy atom. The minimum atomic E-state index is -0.590. The van der Waals surface area contributed by atoms with Gasteiger partial charge in [0.25, 0.3) is 0 Å². The lowest BCUT2D eigenvalue weighted by atomic mass is 9.96. The van der Waals surface area contributed by atoms with Crippen molar-refractivity contribution in [3.05, 3.63) is 12.4 Å². The molecule has 1 heterocycles. The highest BCUT2D eigenvalue weighted by Gasteiger charge is 2.32. The summed E-state index contributed by atoms with van der Waals surface area (Å²) in [6.07, 6.45) is 5.21. The number of hydrogen-bond donors (Lipinski definition) is 2. The van der Waals surface area contributed by atoms with E-state index in [0.29, 0.717) is 0 Å². The van der Waals surface area contributed by atoms with Gasteiger partial charge in [0.2, 0.25) is 0 Å². The van der Waals surface area contributed by atoms with Crippen LogP contribution in [0.5, 0.6) is 0 Å². The summed E-state index contributed by atoms with van der Waals surface area (Å²) < 4.78 is 4.84. The number of carbonyl (C=O) groups excluding carboxylic acids is 1. The van der Waals surface area contributed by atoms with E-state index < -0.39 is 5.54 Å². The lowest BCUT2D eigenvalue weighted by Crippen LogP contribution is -2.50. The van der Waals surface area contributed by atoms with E-state index in [1.54, 1.807) is 24.2 Å². The molecule has 102 valence electrons. The Morgan fingerprint density at radius 3 is 3.00 bits per heavy atom. The smallest absolute Gasteiger partial charge is 0.325 e. The van der Waals surface area contributed by atoms with Gasteiger partial charge in [-0.2, -0.15) is 0 Å². The molecule has 0 radical (unpaired) electrons. The fourth-order valence-electron chi connectivity index (χ4n) is 1.80. The molecule has 0 spiro atoms. The number of thioether (sulfide) groups is 1. The lowest BCUT2D eigenvalue weighted by molar-refractivity contribution is -0.148. The van der Waals surface area contributed by atoms with Gasteiger partial charge in [0, 0.05) is 18.1 Å². The van der Waals surface area contributed by atoms with Crippen LogP contribution in [-0.4, -0.2) is 40.9 Å². The Balaban J connectivity index is 2.35. The van der Waals surface area contributed by atoms with Crippen LogP contribution in [0.2, 0.25) is 0 Å². The molecule has 0 fully saturated rings. The van der Waals surface area contributed by atoms with E-state index in [1.165, 1.54) is 7.11 Å². The van der Waals surface area contributed by atoms with Gasteiger partial charge in [-0.05, 0) is 26.3 Å². The summed E-state index contributed by atoms with van der Waals surface area (Å²) in [5.74, 6) is 0.721. The van der Waals surface area contributed by atoms with Crippen LogP contribution in [0.1, 0.15) is 26.7 Å². The Bertz CT molecular complexity index is 356. The highest BCUT2D eigenvalue weighted by Crippen LogP contribution is 2.19. The number of esters is 1. The molecule has 5 nitrogen and oxygen atoms in total. The van der Waals surface area contributed by atoms with E-state index in [1.807, 2.05) is 13.8 Å². The van der Waals surface area contributed by atoms with Gasteiger partial charge in [-0.1, -0.05) is 18.7 Å². The molecule has 0 bridgehead atoms. The molecule has 0 saturated heterocycles. The number of rotatable bonds is 8. The van der Waals surface area contributed by atoms with Crippen molar-refractivity contribution in [2.24, 2.45) is 0 Å². The fraction of sp³-hybridized carbons (Fsp3) is 0.667. The van der Waals surface area contributed by atoms with Crippen LogP contribution in [0.4, 0.5) is 0 Å². The van der Waals surface area contributed by atoms with Crippen molar-refractivity contribution in [1.82, 2.24) is 15.3 Å². The molecule has 2 N–H and O–H groups in total. The van der Waals surface area contributed by atoms with Gasteiger partial charge >= 0.3 is 5.97 Å². The number of nitrogens with zero attached hydrogens (tertiary/aromatic N) is 1. The monoisotopic (exact) mass is 271 g/mol. The van der Waals surface area contributed by atoms with Gasteiger partial charge < -0.3 is 15.0 Å². The maximum atomic E-state index is 11.7. The van der Waals surface area contributed by atoms with Crippen LogP contribution in [-0.2, 0) is 9.53 Å². The normalized spacial score (nSPS) is 14.2. The number of carbonyl (C=O) groups is 1. The van der Waals surface area contributed by atoms with Crippen molar-refractivity contribution >= 4 is 17.7 Å². The highest BCUT2D eigenvalue weighted by molar-refractivity contribution is 7.99. The molecule has 0 aliphatic carbocycles. The molecule has 1 aromatic rings. The van der Waals surface area contributed by atoms with Gasteiger partial charge in [0.05, 0.1) is 7.11 Å². The first kappa shape index (κ1) is 15.0. The molecule has 0 aliphatic heterocycles. The summed E-state index contributed by atoms with van der Waals surface area (Å²) in [6.45, 7) is 4.62. The molecule has 1 aromatic heterocycles. The number of aromatic amines is 1. The summed E-state index contributed by atoms with van der Waals surface area (Å²) in [6, 6.07) is 0. The van der Waals surface area contributed by atoms with Crippen molar-refractivity contribution in [2.45, 2.75) is 37.4 Å². The molecule has 1 rings (SSSR count). The second-order valence-corrected chi connectivity index (χ2v) is 5.28. The molecule has 0 saturated carbocycles. The van der Waals surface area contributed by atoms with Crippen molar-refractivity contribution in [1.29, 1.82) is 0 Å². The van der Waals surface area contributed by atoms with Crippen LogP contribution in [0.25, 0.3) is 0 Å². The fourth-order valence-corrected chi connectivity index (χ4v) is 2.57. The molecule has 0 aliphatic rings. The summed E-state index contributed by atoms with van der Waals surface area (Å²) in [4.78, 5) is 18.9. The van der Waals surface area contributed by atoms with Crippen molar-refractivity contribution in [3.63, 3.8) is 0 Å². The van der Waals surface area contributed by atoms with Gasteiger partial charge in [0.1, 0.15) is 5.54 Å². The number of methoxy groups -OCH3 is 1. The van der Waals surface area contributed by atoms with Gasteiger partial charge in [-0.15, -0.1) is 0 Å². The predicted octanol–water partition coefficient (Wildman–Crippen LogP) is 1.82. The Hall–Kier alpha value is -1.01. The van der Waals surface area contributed by atoms with E-state index in [0.717, 1.165) is 30.3 Å². The molecular weight excluding hydrogens is 250 g/mol. The number of H-pyrrole nitrogens is 1. The zero-order chi connectivity index (χ0) is 13.4. The third kappa shape index (κ3) is 4.34. The SMILES string of the molecule is CCNC(C)(CCCSc1ncc[nH]1)C(=O)OC. The lowest BCUT2D eigenvalue weighted by Gasteiger charge is -2.27. The Labute approximate surface area is 112 Å². The van der Waals surface area contributed by atoms with Crippen molar-refractivity contribution in [3.8, 4) is 0 Å². The number of nitrogens with one attached hydrogen (secondary N) is 2. The van der Waals surface area contributed by atoms with E-state index in [2.05, 4.69) is 15.3 Å². The number of imidazole rings is 1. The molecule has 0 aromatic carbocycles. The van der Waals surface area contributed by atoms with Crippen LogP contribution in [0.3, 0.4) is 0 Å². The quantitative estimate of drug-likeness (QED) is 0.429. The number of aromatic nitrogens is 2. The highest BCUT2D eigenvalue weighted by atomic mass is 32.2. The van der Waals surface area contributed by atoms with Crippen LogP contribution < -0.4 is 5.32 Å². The Kier molecular flexibility index (Phi) is 6.21. The van der Waals surface area contributed by atoms with Crippen molar-refractivity contribution in [2.75, 3.05) is 19.4 Å². The van der Waals surface area contributed by atoms with Gasteiger partial charge in [0.15, 0.2) is 5.16 Å². The van der Waals surface area contributed by atoms with Gasteiger partial charge in [-0.25, -0.2) is 4.98 Å². The first-order valence-electron chi connectivity index (χ1n) is 6.08. The summed E-state index contributed by atoms with van der Waals surface area (Å²) in [5, 5.41) is 4.11. The maximum Gasteiger partial charge on any atom is 0.325 e. The minimum Gasteiger partial charge on any atom is -0.468 e. The zero-order valence-electron chi connectivity index (χ0n) is 11.2. The van der Waals surface area contributed by atoms with Crippen LogP contribution in [0.15, 0.2) is 17.6 Å². The third-order valence-corrected chi connectivity index (χ3v) is 3.73.